The maximum atomic E-state index is 12.9. The molecule has 118 valence electrons. The van der Waals surface area contributed by atoms with E-state index in [1.54, 1.807) is 0 Å². The van der Waals surface area contributed by atoms with Crippen LogP contribution < -0.4 is 0 Å². The van der Waals surface area contributed by atoms with Crippen molar-refractivity contribution in [1.29, 1.82) is 0 Å². The zero-order valence-electron chi connectivity index (χ0n) is 11.3. The van der Waals surface area contributed by atoms with Crippen molar-refractivity contribution < 1.29 is 30.6 Å². The standard InChI is InChI=1S/C11H18F3NO4S/c1-3-18-9-6-4-8(5-7-9)10(11(12,13)14)15-19-20(2,16)17/h8-9H,3-7H2,1-2H3/b15-10-. The fraction of sp³-hybridized carbons (Fsp3) is 0.909. The molecule has 0 amide bonds. The van der Waals surface area contributed by atoms with Crippen LogP contribution >= 0.6 is 0 Å². The first kappa shape index (κ1) is 17.2. The number of oxime groups is 1. The largest absolute Gasteiger partial charge is 0.433 e. The topological polar surface area (TPSA) is 65.0 Å². The predicted octanol–water partition coefficient (Wildman–Crippen LogP) is 2.48. The van der Waals surface area contributed by atoms with Gasteiger partial charge >= 0.3 is 16.3 Å². The molecule has 1 fully saturated rings. The molecule has 1 aliphatic rings. The molecule has 0 radical (unpaired) electrons. The van der Waals surface area contributed by atoms with Crippen molar-refractivity contribution in [3.05, 3.63) is 0 Å². The van der Waals surface area contributed by atoms with E-state index < -0.39 is 27.9 Å². The molecular weight excluding hydrogens is 299 g/mol. The Hall–Kier alpha value is -0.830. The zero-order valence-corrected chi connectivity index (χ0v) is 12.1. The summed E-state index contributed by atoms with van der Waals surface area (Å²) >= 11 is 0. The van der Waals surface area contributed by atoms with Gasteiger partial charge in [0.25, 0.3) is 0 Å². The Balaban J connectivity index is 2.77. The highest BCUT2D eigenvalue weighted by Crippen LogP contribution is 2.33. The van der Waals surface area contributed by atoms with Crippen LogP contribution in [-0.4, -0.2) is 39.3 Å². The van der Waals surface area contributed by atoms with Crippen molar-refractivity contribution in [3.63, 3.8) is 0 Å². The van der Waals surface area contributed by atoms with E-state index in [0.717, 1.165) is 0 Å². The van der Waals surface area contributed by atoms with E-state index in [2.05, 4.69) is 9.44 Å². The Kier molecular flexibility index (Phi) is 5.81. The van der Waals surface area contributed by atoms with Crippen molar-refractivity contribution in [1.82, 2.24) is 0 Å². The van der Waals surface area contributed by atoms with E-state index in [9.17, 15) is 21.6 Å². The van der Waals surface area contributed by atoms with E-state index in [0.29, 0.717) is 25.7 Å². The number of nitrogens with zero attached hydrogens (tertiary/aromatic N) is 1. The number of hydrogen-bond donors (Lipinski definition) is 0. The lowest BCUT2D eigenvalue weighted by Gasteiger charge is -2.29. The summed E-state index contributed by atoms with van der Waals surface area (Å²) in [6, 6.07) is 0. The minimum atomic E-state index is -4.70. The second kappa shape index (κ2) is 6.75. The molecule has 0 saturated heterocycles. The minimum absolute atomic E-state index is 0.0402. The third-order valence-electron chi connectivity index (χ3n) is 3.02. The molecule has 1 rings (SSSR count). The van der Waals surface area contributed by atoms with Gasteiger partial charge in [0, 0.05) is 12.5 Å². The van der Waals surface area contributed by atoms with Gasteiger partial charge in [0.05, 0.1) is 12.4 Å². The molecule has 9 heteroatoms. The molecule has 0 unspecified atom stereocenters. The van der Waals surface area contributed by atoms with Gasteiger partial charge in [-0.1, -0.05) is 5.16 Å². The quantitative estimate of drug-likeness (QED) is 0.577. The second-order valence-corrected chi connectivity index (χ2v) is 6.24. The molecular formula is C11H18F3NO4S. The Morgan fingerprint density at radius 1 is 1.25 bits per heavy atom. The lowest BCUT2D eigenvalue weighted by molar-refractivity contribution is -0.0671. The molecule has 0 N–H and O–H groups in total. The third-order valence-corrected chi connectivity index (χ3v) is 3.37. The predicted molar refractivity (Wildman–Crippen MR) is 66.8 cm³/mol. The molecule has 0 bridgehead atoms. The number of alkyl halides is 3. The van der Waals surface area contributed by atoms with Crippen LogP contribution in [0, 0.1) is 5.92 Å². The van der Waals surface area contributed by atoms with Gasteiger partial charge in [-0.2, -0.15) is 21.6 Å². The Bertz CT molecular complexity index is 439. The molecule has 0 heterocycles. The van der Waals surface area contributed by atoms with Crippen molar-refractivity contribution in [2.75, 3.05) is 12.9 Å². The molecule has 1 saturated carbocycles. The van der Waals surface area contributed by atoms with Crippen LogP contribution in [0.5, 0.6) is 0 Å². The molecule has 20 heavy (non-hydrogen) atoms. The average molecular weight is 317 g/mol. The molecule has 5 nitrogen and oxygen atoms in total. The summed E-state index contributed by atoms with van der Waals surface area (Å²) < 4.78 is 69.5. The summed E-state index contributed by atoms with van der Waals surface area (Å²) in [5.41, 5.74) is -1.17. The fourth-order valence-electron chi connectivity index (χ4n) is 2.20. The van der Waals surface area contributed by atoms with Crippen molar-refractivity contribution in [2.45, 2.75) is 44.9 Å². The lowest BCUT2D eigenvalue weighted by atomic mass is 9.84. The highest BCUT2D eigenvalue weighted by atomic mass is 32.2. The SMILES string of the molecule is CCOC1CCC(/C(=N/OS(C)(=O)=O)C(F)(F)F)CC1. The summed E-state index contributed by atoms with van der Waals surface area (Å²) in [6.45, 7) is 2.35. The maximum absolute atomic E-state index is 12.9. The Morgan fingerprint density at radius 2 is 1.80 bits per heavy atom. The van der Waals surface area contributed by atoms with Crippen molar-refractivity contribution >= 4 is 15.8 Å². The van der Waals surface area contributed by atoms with Crippen LogP contribution in [0.4, 0.5) is 13.2 Å². The van der Waals surface area contributed by atoms with Gasteiger partial charge < -0.3 is 4.74 Å². The second-order valence-electron chi connectivity index (χ2n) is 4.68. The van der Waals surface area contributed by atoms with Crippen molar-refractivity contribution in [3.8, 4) is 0 Å². The van der Waals surface area contributed by atoms with E-state index in [-0.39, 0.29) is 18.9 Å². The van der Waals surface area contributed by atoms with Gasteiger partial charge in [-0.15, -0.1) is 0 Å². The smallest absolute Gasteiger partial charge is 0.379 e. The number of halogens is 3. The molecule has 0 aromatic carbocycles. The van der Waals surface area contributed by atoms with E-state index in [1.165, 1.54) is 0 Å². The van der Waals surface area contributed by atoms with Crippen LogP contribution in [0.1, 0.15) is 32.6 Å². The van der Waals surface area contributed by atoms with Crippen LogP contribution in [-0.2, 0) is 19.1 Å². The monoisotopic (exact) mass is 317 g/mol. The van der Waals surface area contributed by atoms with Gasteiger partial charge in [0.2, 0.25) is 0 Å². The fourth-order valence-corrected chi connectivity index (χ4v) is 2.42. The summed E-state index contributed by atoms with van der Waals surface area (Å²) in [7, 11) is -4.05. The summed E-state index contributed by atoms with van der Waals surface area (Å²) in [5, 5.41) is 2.82. The first-order valence-electron chi connectivity index (χ1n) is 6.28. The third kappa shape index (κ3) is 5.66. The molecule has 0 spiro atoms. The normalized spacial score (nSPS) is 25.6. The highest BCUT2D eigenvalue weighted by molar-refractivity contribution is 7.85. The summed E-state index contributed by atoms with van der Waals surface area (Å²) in [4.78, 5) is 0. The van der Waals surface area contributed by atoms with E-state index in [1.807, 2.05) is 6.92 Å². The zero-order chi connectivity index (χ0) is 15.4. The molecule has 0 aromatic rings. The molecule has 1 aliphatic carbocycles. The Labute approximate surface area is 116 Å². The van der Waals surface area contributed by atoms with Crippen LogP contribution in [0.3, 0.4) is 0 Å². The van der Waals surface area contributed by atoms with Gasteiger partial charge in [0.1, 0.15) is 0 Å². The number of ether oxygens (including phenoxy) is 1. The molecule has 0 atom stereocenters. The number of hydrogen-bond acceptors (Lipinski definition) is 5. The van der Waals surface area contributed by atoms with Gasteiger partial charge in [-0.25, -0.2) is 0 Å². The first-order valence-corrected chi connectivity index (χ1v) is 8.10. The average Bonchev–Trinajstić information content (AvgIpc) is 2.28. The molecule has 0 aromatic heterocycles. The summed E-state index contributed by atoms with van der Waals surface area (Å²) in [6.07, 6.45) is -2.61. The molecule has 0 aliphatic heterocycles. The van der Waals surface area contributed by atoms with E-state index >= 15 is 0 Å². The van der Waals surface area contributed by atoms with Gasteiger partial charge in [-0.05, 0) is 32.6 Å². The lowest BCUT2D eigenvalue weighted by Crippen LogP contribution is -2.35. The maximum Gasteiger partial charge on any atom is 0.433 e. The van der Waals surface area contributed by atoms with Crippen LogP contribution in [0.15, 0.2) is 5.16 Å². The van der Waals surface area contributed by atoms with Gasteiger partial charge in [-0.3, -0.25) is 4.28 Å². The Morgan fingerprint density at radius 3 is 2.20 bits per heavy atom. The van der Waals surface area contributed by atoms with E-state index in [4.69, 9.17) is 4.74 Å². The van der Waals surface area contributed by atoms with Gasteiger partial charge in [0.15, 0.2) is 5.71 Å². The van der Waals surface area contributed by atoms with Crippen LogP contribution in [0.2, 0.25) is 0 Å². The minimum Gasteiger partial charge on any atom is -0.379 e. The first-order chi connectivity index (χ1) is 9.13. The number of rotatable bonds is 5. The highest BCUT2D eigenvalue weighted by Gasteiger charge is 2.43. The van der Waals surface area contributed by atoms with Crippen LogP contribution in [0.25, 0.3) is 0 Å². The van der Waals surface area contributed by atoms with Crippen molar-refractivity contribution in [2.24, 2.45) is 11.1 Å². The summed E-state index contributed by atoms with van der Waals surface area (Å²) in [5.74, 6) is -0.853.